The molecule has 0 nitrogen and oxygen atoms in total. The van der Waals surface area contributed by atoms with E-state index in [2.05, 4.69) is 169 Å². The molecule has 2 saturated carbocycles. The average Bonchev–Trinajstić information content (AvgIpc) is 3.82. The minimum absolute atomic E-state index is 0. The molecule has 0 bridgehead atoms. The molecule has 2 fully saturated rings. The molecule has 0 aliphatic heterocycles. The van der Waals surface area contributed by atoms with Gasteiger partial charge in [0, 0.05) is 0 Å². The van der Waals surface area contributed by atoms with Crippen molar-refractivity contribution in [2.45, 2.75) is 211 Å². The van der Waals surface area contributed by atoms with Crippen LogP contribution >= 0.6 is 24.8 Å². The van der Waals surface area contributed by atoms with Crippen LogP contribution in [0, 0.1) is 10.8 Å². The predicted molar refractivity (Wildman–Crippen MR) is 306 cm³/mol. The van der Waals surface area contributed by atoms with Gasteiger partial charge in [-0.3, -0.25) is 0 Å². The molecule has 2 unspecified atom stereocenters. The van der Waals surface area contributed by atoms with E-state index in [1.54, 1.807) is 22.3 Å². The van der Waals surface area contributed by atoms with Gasteiger partial charge < -0.3 is 0 Å². The number of benzene rings is 4. The van der Waals surface area contributed by atoms with Crippen molar-refractivity contribution in [1.29, 1.82) is 0 Å². The van der Waals surface area contributed by atoms with E-state index in [1.165, 1.54) is 162 Å². The maximum absolute atomic E-state index is 4.12. The molecule has 2 atom stereocenters. The van der Waals surface area contributed by atoms with E-state index in [4.69, 9.17) is 0 Å². The number of fused-ring (bicyclic) bond motifs is 2. The van der Waals surface area contributed by atoms with Crippen LogP contribution in [0.1, 0.15) is 224 Å². The Morgan fingerprint density at radius 3 is 1.13 bits per heavy atom. The molecule has 0 aromatic heterocycles. The van der Waals surface area contributed by atoms with Crippen molar-refractivity contribution in [2.24, 2.45) is 10.8 Å². The summed E-state index contributed by atoms with van der Waals surface area (Å²) >= 11 is -4.12. The number of hydrogen-bond acceptors (Lipinski definition) is 0. The zero-order valence-corrected chi connectivity index (χ0v) is 50.1. The van der Waals surface area contributed by atoms with E-state index in [0.717, 1.165) is 0 Å². The average molecular weight is 1050 g/mol. The topological polar surface area (TPSA) is 0 Å². The second kappa shape index (κ2) is 22.0. The molecule has 0 heterocycles. The van der Waals surface area contributed by atoms with Crippen LogP contribution in [0.2, 0.25) is 9.26 Å². The first kappa shape index (κ1) is 55.4. The van der Waals surface area contributed by atoms with E-state index >= 15 is 0 Å². The predicted octanol–water partition coefficient (Wildman–Crippen LogP) is 20.2. The normalized spacial score (nSPS) is 20.8. The molecule has 370 valence electrons. The first-order valence-electron chi connectivity index (χ1n) is 27.3. The molecule has 68 heavy (non-hydrogen) atoms. The first-order valence-corrected chi connectivity index (χ1v) is 41.0. The van der Waals surface area contributed by atoms with Gasteiger partial charge in [-0.05, 0) is 0 Å². The molecule has 0 amide bonds. The van der Waals surface area contributed by atoms with Crippen molar-refractivity contribution < 1.29 is 17.4 Å². The van der Waals surface area contributed by atoms with Crippen LogP contribution in [-0.4, -0.2) is 6.88 Å². The van der Waals surface area contributed by atoms with Crippen LogP contribution in [0.4, 0.5) is 0 Å². The Bertz CT molecular complexity index is 2320. The second-order valence-corrected chi connectivity index (χ2v) is 56.3. The van der Waals surface area contributed by atoms with E-state index in [1.807, 2.05) is 11.1 Å². The van der Waals surface area contributed by atoms with Crippen LogP contribution in [0.25, 0.3) is 34.4 Å². The molecule has 4 heteroatoms. The summed E-state index contributed by atoms with van der Waals surface area (Å²) in [4.78, 5) is 0. The number of hydrogen-bond donors (Lipinski definition) is 0. The van der Waals surface area contributed by atoms with Gasteiger partial charge in [0.1, 0.15) is 0 Å². The summed E-state index contributed by atoms with van der Waals surface area (Å²) in [7, 11) is 0. The number of rotatable bonds is 12. The van der Waals surface area contributed by atoms with Crippen molar-refractivity contribution in [2.75, 3.05) is 0 Å². The van der Waals surface area contributed by atoms with Crippen molar-refractivity contribution in [3.05, 3.63) is 129 Å². The van der Waals surface area contributed by atoms with Crippen LogP contribution in [0.3, 0.4) is 0 Å². The fourth-order valence-corrected chi connectivity index (χ4v) is 34.8. The van der Waals surface area contributed by atoms with Crippen LogP contribution in [0.5, 0.6) is 0 Å². The SMILES string of the molecule is CCCC1(CC2=Cc3c(-c4ccccc4C(C)(C)C)cccc3[CH]2[Zr]([CH3])([CH3])(=[SiH2])[CH]2C(CC3(CCC)CCCCCCC3)=Cc3c(-c4ccccc4C(C)(C)C)cccc32)CCCCCCC1.Cl.Cl. The van der Waals surface area contributed by atoms with Gasteiger partial charge in [-0.15, -0.1) is 24.8 Å². The van der Waals surface area contributed by atoms with Gasteiger partial charge >= 0.3 is 410 Å². The second-order valence-electron chi connectivity index (χ2n) is 25.8. The summed E-state index contributed by atoms with van der Waals surface area (Å²) in [5.41, 5.74) is 19.7. The summed E-state index contributed by atoms with van der Waals surface area (Å²) in [6.45, 7) is 22.0. The molecule has 8 rings (SSSR count). The van der Waals surface area contributed by atoms with Gasteiger partial charge in [-0.25, -0.2) is 0 Å². The van der Waals surface area contributed by atoms with Crippen molar-refractivity contribution in [3.63, 3.8) is 0 Å². The quantitative estimate of drug-likeness (QED) is 0.124. The van der Waals surface area contributed by atoms with E-state index in [9.17, 15) is 0 Å². The summed E-state index contributed by atoms with van der Waals surface area (Å²) < 4.78 is 6.96. The minimum atomic E-state index is -4.12. The third-order valence-electron chi connectivity index (χ3n) is 17.8. The Labute approximate surface area is 431 Å². The third-order valence-corrected chi connectivity index (χ3v) is 35.3. The van der Waals surface area contributed by atoms with Gasteiger partial charge in [0.25, 0.3) is 0 Å². The van der Waals surface area contributed by atoms with Crippen molar-refractivity contribution in [1.82, 2.24) is 0 Å². The summed E-state index contributed by atoms with van der Waals surface area (Å²) in [5.74, 6) is 0. The molecule has 4 aromatic rings. The van der Waals surface area contributed by atoms with E-state index < -0.39 is 17.4 Å². The monoisotopic (exact) mass is 1050 g/mol. The minimum Gasteiger partial charge on any atom is -0.147 e. The van der Waals surface area contributed by atoms with Crippen LogP contribution < -0.4 is 0 Å². The first-order chi connectivity index (χ1) is 31.4. The summed E-state index contributed by atoms with van der Waals surface area (Å²) in [6.07, 6.45) is 33.3. The van der Waals surface area contributed by atoms with Gasteiger partial charge in [0.05, 0.1) is 0 Å². The molecular weight excluding hydrogens is 959 g/mol. The van der Waals surface area contributed by atoms with E-state index in [-0.39, 0.29) is 35.6 Å². The zero-order chi connectivity index (χ0) is 47.0. The van der Waals surface area contributed by atoms with Crippen molar-refractivity contribution >= 4 is 43.8 Å². The third kappa shape index (κ3) is 11.3. The molecule has 4 aliphatic rings. The fraction of sp³-hybridized carbons (Fsp3) is 0.562. The Hall–Kier alpha value is -1.96. The molecule has 4 aromatic carbocycles. The van der Waals surface area contributed by atoms with Crippen molar-refractivity contribution in [3.8, 4) is 22.3 Å². The Kier molecular flexibility index (Phi) is 17.9. The standard InChI is InChI=1S/2C31H41.2CH3.2ClH.H2Si.Zr/c2*1-5-18-31(19-11-7-6-8-12-20-31)23-24-21-25-14-13-16-26(28(25)22-24)27-15-9-10-17-29(27)30(2,3)4;;;;;;/h2*9-10,13-17,21-22H,5-8,11-12,18-20,23H2,1-4H3;2*1H3;2*1H;1H2;. The maximum atomic E-state index is 2.97. The summed E-state index contributed by atoms with van der Waals surface area (Å²) in [6, 6.07) is 34.0. The van der Waals surface area contributed by atoms with Crippen LogP contribution in [0.15, 0.2) is 96.1 Å². The zero-order valence-electron chi connectivity index (χ0n) is 44.6. The fourth-order valence-electron chi connectivity index (χ4n) is 15.1. The largest absolute Gasteiger partial charge is 0.147 e. The maximum Gasteiger partial charge on any atom is -0.147 e. The number of halogens is 2. The molecule has 0 N–H and O–H groups in total. The van der Waals surface area contributed by atoms with Gasteiger partial charge in [-0.1, -0.05) is 0 Å². The molecule has 0 spiro atoms. The molecular formula is C64H92Cl2SiZr. The molecule has 0 saturated heterocycles. The van der Waals surface area contributed by atoms with Crippen LogP contribution in [-0.2, 0) is 28.2 Å². The summed E-state index contributed by atoms with van der Waals surface area (Å²) in [5, 5.41) is 0. The van der Waals surface area contributed by atoms with E-state index in [0.29, 0.717) is 18.1 Å². The Morgan fingerprint density at radius 2 is 0.794 bits per heavy atom. The molecule has 4 aliphatic carbocycles. The Morgan fingerprint density at radius 1 is 0.471 bits per heavy atom. The van der Waals surface area contributed by atoms with Gasteiger partial charge in [0.2, 0.25) is 0 Å². The smallest absolute Gasteiger partial charge is 0.147 e. The number of allylic oxidation sites excluding steroid dienone is 2. The van der Waals surface area contributed by atoms with Gasteiger partial charge in [0.15, 0.2) is 0 Å². The Balaban J connectivity index is 0.00000381. The van der Waals surface area contributed by atoms with Gasteiger partial charge in [-0.2, -0.15) is 0 Å². The molecule has 0 radical (unpaired) electrons.